The standard InChI is InChI=1S/C16H18N2O3/c1-3-9-17(10-4-2)16(21)18-13-8-6-5-7-12(13)11-14(18)15(19)20/h3-8,14H,1-2,9-11H2,(H,19,20). The molecule has 21 heavy (non-hydrogen) atoms. The van der Waals surface area contributed by atoms with Crippen molar-refractivity contribution in [3.8, 4) is 0 Å². The van der Waals surface area contributed by atoms with Crippen molar-refractivity contribution in [2.24, 2.45) is 0 Å². The van der Waals surface area contributed by atoms with Crippen molar-refractivity contribution in [1.82, 2.24) is 4.90 Å². The molecule has 0 fully saturated rings. The number of nitrogens with zero attached hydrogens (tertiary/aromatic N) is 2. The van der Waals surface area contributed by atoms with Crippen LogP contribution in [0.4, 0.5) is 10.5 Å². The van der Waals surface area contributed by atoms with Crippen molar-refractivity contribution in [2.45, 2.75) is 12.5 Å². The molecule has 5 heteroatoms. The number of amides is 2. The average Bonchev–Trinajstić information content (AvgIpc) is 2.86. The highest BCUT2D eigenvalue weighted by molar-refractivity contribution is 6.01. The van der Waals surface area contributed by atoms with Gasteiger partial charge in [0.1, 0.15) is 6.04 Å². The third kappa shape index (κ3) is 2.81. The van der Waals surface area contributed by atoms with Gasteiger partial charge in [-0.3, -0.25) is 4.90 Å². The maximum absolute atomic E-state index is 12.7. The SMILES string of the molecule is C=CCN(CC=C)C(=O)N1c2ccccc2CC1C(=O)O. The predicted octanol–water partition coefficient (Wildman–Crippen LogP) is 2.30. The minimum atomic E-state index is -1.00. The van der Waals surface area contributed by atoms with E-state index in [0.717, 1.165) is 5.56 Å². The summed E-state index contributed by atoms with van der Waals surface area (Å²) in [5.41, 5.74) is 1.53. The fourth-order valence-corrected chi connectivity index (χ4v) is 2.51. The number of aliphatic carboxylic acids is 1. The highest BCUT2D eigenvalue weighted by atomic mass is 16.4. The van der Waals surface area contributed by atoms with E-state index in [2.05, 4.69) is 13.2 Å². The van der Waals surface area contributed by atoms with Crippen LogP contribution in [0.2, 0.25) is 0 Å². The van der Waals surface area contributed by atoms with Gasteiger partial charge in [0.15, 0.2) is 0 Å². The summed E-state index contributed by atoms with van der Waals surface area (Å²) in [6.07, 6.45) is 3.55. The molecule has 1 aromatic rings. The summed E-state index contributed by atoms with van der Waals surface area (Å²) < 4.78 is 0. The molecule has 5 nitrogen and oxygen atoms in total. The lowest BCUT2D eigenvalue weighted by Gasteiger charge is -2.29. The largest absolute Gasteiger partial charge is 0.480 e. The van der Waals surface area contributed by atoms with Gasteiger partial charge in [-0.2, -0.15) is 0 Å². The molecule has 1 aliphatic heterocycles. The van der Waals surface area contributed by atoms with Crippen LogP contribution in [-0.2, 0) is 11.2 Å². The Hall–Kier alpha value is -2.56. The molecule has 1 atom stereocenters. The van der Waals surface area contributed by atoms with Gasteiger partial charge in [0.05, 0.1) is 0 Å². The molecule has 1 aromatic carbocycles. The van der Waals surface area contributed by atoms with Crippen molar-refractivity contribution in [2.75, 3.05) is 18.0 Å². The normalized spacial score (nSPS) is 16.2. The summed E-state index contributed by atoms with van der Waals surface area (Å²) >= 11 is 0. The number of hydrogen-bond acceptors (Lipinski definition) is 2. The number of carboxylic acids is 1. The van der Waals surface area contributed by atoms with Gasteiger partial charge < -0.3 is 10.0 Å². The van der Waals surface area contributed by atoms with Crippen LogP contribution in [0.5, 0.6) is 0 Å². The lowest BCUT2D eigenvalue weighted by atomic mass is 10.1. The lowest BCUT2D eigenvalue weighted by molar-refractivity contribution is -0.138. The third-order valence-corrected chi connectivity index (χ3v) is 3.44. The molecule has 0 bridgehead atoms. The van der Waals surface area contributed by atoms with E-state index in [-0.39, 0.29) is 6.03 Å². The first kappa shape index (κ1) is 14.8. The summed E-state index contributed by atoms with van der Waals surface area (Å²) in [6, 6.07) is 6.06. The molecule has 2 rings (SSSR count). The molecule has 1 aliphatic rings. The van der Waals surface area contributed by atoms with Gasteiger partial charge in [0, 0.05) is 25.2 Å². The minimum Gasteiger partial charge on any atom is -0.480 e. The maximum atomic E-state index is 12.7. The van der Waals surface area contributed by atoms with Crippen molar-refractivity contribution in [3.63, 3.8) is 0 Å². The van der Waals surface area contributed by atoms with Crippen molar-refractivity contribution >= 4 is 17.7 Å². The van der Waals surface area contributed by atoms with Crippen LogP contribution in [0.1, 0.15) is 5.56 Å². The van der Waals surface area contributed by atoms with E-state index in [1.807, 2.05) is 12.1 Å². The first-order chi connectivity index (χ1) is 10.1. The van der Waals surface area contributed by atoms with E-state index in [1.165, 1.54) is 9.80 Å². The third-order valence-electron chi connectivity index (χ3n) is 3.44. The number of para-hydroxylation sites is 1. The van der Waals surface area contributed by atoms with Gasteiger partial charge >= 0.3 is 12.0 Å². The van der Waals surface area contributed by atoms with E-state index in [9.17, 15) is 14.7 Å². The number of hydrogen-bond donors (Lipinski definition) is 1. The molecular formula is C16H18N2O3. The highest BCUT2D eigenvalue weighted by Crippen LogP contribution is 2.33. The number of benzene rings is 1. The number of carbonyl (C=O) groups is 2. The van der Waals surface area contributed by atoms with Crippen molar-refractivity contribution < 1.29 is 14.7 Å². The van der Waals surface area contributed by atoms with E-state index in [0.29, 0.717) is 25.2 Å². The van der Waals surface area contributed by atoms with Gasteiger partial charge in [-0.15, -0.1) is 13.2 Å². The Bertz CT molecular complexity index is 573. The molecule has 0 saturated carbocycles. The molecule has 110 valence electrons. The van der Waals surface area contributed by atoms with Gasteiger partial charge in [-0.05, 0) is 11.6 Å². The molecule has 0 saturated heterocycles. The van der Waals surface area contributed by atoms with Crippen LogP contribution in [0.25, 0.3) is 0 Å². The van der Waals surface area contributed by atoms with Crippen LogP contribution in [-0.4, -0.2) is 41.1 Å². The lowest BCUT2D eigenvalue weighted by Crippen LogP contribution is -2.49. The Labute approximate surface area is 123 Å². The Balaban J connectivity index is 2.37. The van der Waals surface area contributed by atoms with Gasteiger partial charge in [-0.25, -0.2) is 9.59 Å². The van der Waals surface area contributed by atoms with Crippen molar-refractivity contribution in [3.05, 3.63) is 55.1 Å². The Morgan fingerprint density at radius 3 is 2.48 bits per heavy atom. The molecule has 1 unspecified atom stereocenters. The summed E-state index contributed by atoms with van der Waals surface area (Å²) in [7, 11) is 0. The van der Waals surface area contributed by atoms with E-state index in [1.54, 1.807) is 24.3 Å². The maximum Gasteiger partial charge on any atom is 0.327 e. The summed E-state index contributed by atoms with van der Waals surface area (Å²) in [5.74, 6) is -1.00. The number of rotatable bonds is 5. The molecule has 0 aromatic heterocycles. The van der Waals surface area contributed by atoms with E-state index >= 15 is 0 Å². The smallest absolute Gasteiger partial charge is 0.327 e. The number of fused-ring (bicyclic) bond motifs is 1. The molecular weight excluding hydrogens is 268 g/mol. The first-order valence-electron chi connectivity index (χ1n) is 6.70. The first-order valence-corrected chi connectivity index (χ1v) is 6.70. The second kappa shape index (κ2) is 6.26. The Kier molecular flexibility index (Phi) is 4.42. The molecule has 1 heterocycles. The van der Waals surface area contributed by atoms with Gasteiger partial charge in [0.2, 0.25) is 0 Å². The number of urea groups is 1. The monoisotopic (exact) mass is 286 g/mol. The Morgan fingerprint density at radius 1 is 1.29 bits per heavy atom. The fraction of sp³-hybridized carbons (Fsp3) is 0.250. The molecule has 0 aliphatic carbocycles. The number of anilines is 1. The topological polar surface area (TPSA) is 60.9 Å². The van der Waals surface area contributed by atoms with E-state index in [4.69, 9.17) is 0 Å². The van der Waals surface area contributed by atoms with Gasteiger partial charge in [0.25, 0.3) is 0 Å². The van der Waals surface area contributed by atoms with Crippen LogP contribution < -0.4 is 4.90 Å². The van der Waals surface area contributed by atoms with E-state index < -0.39 is 12.0 Å². The molecule has 0 spiro atoms. The zero-order valence-corrected chi connectivity index (χ0v) is 11.7. The minimum absolute atomic E-state index is 0.327. The average molecular weight is 286 g/mol. The fourth-order valence-electron chi connectivity index (χ4n) is 2.51. The summed E-state index contributed by atoms with van der Waals surface area (Å²) in [6.45, 7) is 7.94. The second-order valence-electron chi connectivity index (χ2n) is 4.82. The molecule has 2 amide bonds. The van der Waals surface area contributed by atoms with Crippen molar-refractivity contribution in [1.29, 1.82) is 0 Å². The number of carboxylic acid groups (broad SMARTS) is 1. The molecule has 1 N–H and O–H groups in total. The Morgan fingerprint density at radius 2 is 1.90 bits per heavy atom. The van der Waals surface area contributed by atoms with Crippen LogP contribution in [0, 0.1) is 0 Å². The second-order valence-corrected chi connectivity index (χ2v) is 4.82. The summed E-state index contributed by atoms with van der Waals surface area (Å²) in [4.78, 5) is 27.0. The zero-order chi connectivity index (χ0) is 15.4. The molecule has 0 radical (unpaired) electrons. The van der Waals surface area contributed by atoms with Crippen LogP contribution >= 0.6 is 0 Å². The van der Waals surface area contributed by atoms with Gasteiger partial charge in [-0.1, -0.05) is 30.4 Å². The van der Waals surface area contributed by atoms with Crippen LogP contribution in [0.3, 0.4) is 0 Å². The predicted molar refractivity (Wildman–Crippen MR) is 81.4 cm³/mol. The van der Waals surface area contributed by atoms with Crippen LogP contribution in [0.15, 0.2) is 49.6 Å². The quantitative estimate of drug-likeness (QED) is 0.845. The number of carbonyl (C=O) groups excluding carboxylic acids is 1. The highest BCUT2D eigenvalue weighted by Gasteiger charge is 2.39. The zero-order valence-electron chi connectivity index (χ0n) is 11.7. The summed E-state index contributed by atoms with van der Waals surface area (Å²) in [5, 5.41) is 9.39.